The molecule has 2 aliphatic rings. The molecular weight excluding hydrogens is 613 g/mol. The minimum Gasteiger partial charge on any atom is -0.344 e. The Labute approximate surface area is 268 Å². The number of carbonyl (C=O) groups excluding carboxylic acids is 3. The van der Waals surface area contributed by atoms with E-state index in [0.29, 0.717) is 37.5 Å². The van der Waals surface area contributed by atoms with Crippen LogP contribution in [0, 0.1) is 19.7 Å². The molecule has 2 atom stereocenters. The number of aryl methyl sites for hydroxylation is 2. The lowest BCUT2D eigenvalue weighted by Crippen LogP contribution is -2.53. The van der Waals surface area contributed by atoms with Gasteiger partial charge in [-0.15, -0.1) is 0 Å². The molecule has 0 bridgehead atoms. The average Bonchev–Trinajstić information content (AvgIpc) is 3.42. The van der Waals surface area contributed by atoms with Gasteiger partial charge in [-0.1, -0.05) is 30.3 Å². The lowest BCUT2D eigenvalue weighted by molar-refractivity contribution is -0.143. The van der Waals surface area contributed by atoms with Crippen molar-refractivity contribution in [1.29, 1.82) is 0 Å². The van der Waals surface area contributed by atoms with Gasteiger partial charge in [-0.2, -0.15) is 5.10 Å². The Hall–Kier alpha value is -4.17. The summed E-state index contributed by atoms with van der Waals surface area (Å²) >= 11 is 0. The van der Waals surface area contributed by atoms with E-state index in [4.69, 9.17) is 0 Å². The predicted molar refractivity (Wildman–Crippen MR) is 167 cm³/mol. The minimum atomic E-state index is -4.08. The normalized spacial score (nSPS) is 20.0. The van der Waals surface area contributed by atoms with E-state index in [9.17, 15) is 27.2 Å². The maximum absolute atomic E-state index is 13.7. The Morgan fingerprint density at radius 2 is 1.80 bits per heavy atom. The smallest absolute Gasteiger partial charge is 0.243 e. The van der Waals surface area contributed by atoms with E-state index in [1.165, 1.54) is 17.9 Å². The molecule has 14 heteroatoms. The quantitative estimate of drug-likeness (QED) is 0.416. The Balaban J connectivity index is 1.41. The summed E-state index contributed by atoms with van der Waals surface area (Å²) in [6, 6.07) is 12.0. The average molecular weight is 654 g/mol. The van der Waals surface area contributed by atoms with E-state index in [0.717, 1.165) is 30.5 Å². The number of amides is 3. The van der Waals surface area contributed by atoms with Gasteiger partial charge in [-0.25, -0.2) is 27.2 Å². The lowest BCUT2D eigenvalue weighted by atomic mass is 9.99. The Kier molecular flexibility index (Phi) is 10.5. The zero-order valence-corrected chi connectivity index (χ0v) is 26.9. The summed E-state index contributed by atoms with van der Waals surface area (Å²) in [6.45, 7) is 3.77. The van der Waals surface area contributed by atoms with Gasteiger partial charge in [0.1, 0.15) is 23.5 Å². The van der Waals surface area contributed by atoms with Crippen molar-refractivity contribution in [3.63, 3.8) is 0 Å². The number of benzene rings is 2. The zero-order valence-electron chi connectivity index (χ0n) is 26.1. The van der Waals surface area contributed by atoms with Gasteiger partial charge in [-0.3, -0.25) is 14.4 Å². The standard InChI is InChI=1S/C32H40FN7O5S/c1-22-19-25(13-14-26(22)33)46(44,45)34-21-30(42)38-15-8-12-29(41)39-16-7-6-11-28(39)32(43)36-27(20-24-9-4-3-5-10-24)31-35-23(2)37-40(31)18-17-38/h3-5,9-10,13-14,19,27-28,34H,6-8,11-12,15-18,20-21H2,1-2H3,(H,36,43)/t27-,28+/m1/s1. The van der Waals surface area contributed by atoms with Crippen molar-refractivity contribution in [1.82, 2.24) is 34.6 Å². The third-order valence-corrected chi connectivity index (χ3v) is 9.85. The zero-order chi connectivity index (χ0) is 32.8. The molecule has 3 heterocycles. The number of fused-ring (bicyclic) bond motifs is 2. The van der Waals surface area contributed by atoms with Crippen LogP contribution in [0.1, 0.15) is 60.9 Å². The molecule has 12 nitrogen and oxygen atoms in total. The number of piperidine rings is 1. The predicted octanol–water partition coefficient (Wildman–Crippen LogP) is 2.42. The van der Waals surface area contributed by atoms with Crippen LogP contribution >= 0.6 is 0 Å². The Bertz CT molecular complexity index is 1680. The molecule has 3 amide bonds. The Morgan fingerprint density at radius 3 is 2.57 bits per heavy atom. The SMILES string of the molecule is Cc1nc2n(n1)CCN(C(=O)CNS(=O)(=O)c1ccc(F)c(C)c1)CCCC(=O)N1CCCC[C@H]1C(=O)N[C@@H]2Cc1ccccc1. The molecular formula is C32H40FN7O5S. The van der Waals surface area contributed by atoms with Crippen LogP contribution in [0.4, 0.5) is 4.39 Å². The fourth-order valence-electron chi connectivity index (χ4n) is 6.00. The topological polar surface area (TPSA) is 147 Å². The summed E-state index contributed by atoms with van der Waals surface area (Å²) in [7, 11) is -4.08. The maximum atomic E-state index is 13.7. The van der Waals surface area contributed by atoms with Crippen molar-refractivity contribution in [2.24, 2.45) is 0 Å². The van der Waals surface area contributed by atoms with E-state index in [2.05, 4.69) is 20.1 Å². The van der Waals surface area contributed by atoms with Crippen molar-refractivity contribution in [3.8, 4) is 0 Å². The van der Waals surface area contributed by atoms with E-state index in [1.807, 2.05) is 30.3 Å². The van der Waals surface area contributed by atoms with Gasteiger partial charge in [-0.05, 0) is 75.3 Å². The molecule has 2 N–H and O–H groups in total. The second-order valence-corrected chi connectivity index (χ2v) is 13.6. The molecule has 0 radical (unpaired) electrons. The fraction of sp³-hybridized carbons (Fsp3) is 0.469. The van der Waals surface area contributed by atoms with Crippen molar-refractivity contribution in [2.75, 3.05) is 26.2 Å². The number of carbonyl (C=O) groups is 3. The van der Waals surface area contributed by atoms with Crippen molar-refractivity contribution in [2.45, 2.75) is 75.9 Å². The first-order chi connectivity index (χ1) is 22.0. The van der Waals surface area contributed by atoms with Crippen LogP contribution < -0.4 is 10.0 Å². The minimum absolute atomic E-state index is 0.134. The summed E-state index contributed by atoms with van der Waals surface area (Å²) in [5.41, 5.74) is 1.16. The number of nitrogens with one attached hydrogen (secondary N) is 2. The van der Waals surface area contributed by atoms with Crippen molar-refractivity contribution >= 4 is 27.7 Å². The van der Waals surface area contributed by atoms with Crippen LogP contribution in [0.15, 0.2) is 53.4 Å². The number of aromatic nitrogens is 3. The molecule has 0 spiro atoms. The monoisotopic (exact) mass is 653 g/mol. The summed E-state index contributed by atoms with van der Waals surface area (Å²) in [5, 5.41) is 7.74. The molecule has 2 aromatic carbocycles. The van der Waals surface area contributed by atoms with Gasteiger partial charge < -0.3 is 15.1 Å². The first-order valence-electron chi connectivity index (χ1n) is 15.6. The molecule has 1 saturated heterocycles. The molecule has 246 valence electrons. The maximum Gasteiger partial charge on any atom is 0.243 e. The highest BCUT2D eigenvalue weighted by atomic mass is 32.2. The highest BCUT2D eigenvalue weighted by Gasteiger charge is 2.34. The molecule has 2 aliphatic heterocycles. The number of halogens is 1. The van der Waals surface area contributed by atoms with Gasteiger partial charge in [0.15, 0.2) is 0 Å². The van der Waals surface area contributed by atoms with Gasteiger partial charge in [0, 0.05) is 26.1 Å². The largest absolute Gasteiger partial charge is 0.344 e. The number of hydrogen-bond donors (Lipinski definition) is 2. The molecule has 0 saturated carbocycles. The van der Waals surface area contributed by atoms with Crippen LogP contribution in [0.3, 0.4) is 0 Å². The van der Waals surface area contributed by atoms with Crippen LogP contribution in [0.25, 0.3) is 0 Å². The van der Waals surface area contributed by atoms with Crippen molar-refractivity contribution in [3.05, 3.63) is 77.1 Å². The number of sulfonamides is 1. The fourth-order valence-corrected chi connectivity index (χ4v) is 7.06. The Morgan fingerprint density at radius 1 is 1.02 bits per heavy atom. The summed E-state index contributed by atoms with van der Waals surface area (Å²) in [4.78, 5) is 48.2. The first kappa shape index (κ1) is 33.2. The van der Waals surface area contributed by atoms with Crippen LogP contribution in [-0.4, -0.2) is 82.9 Å². The van der Waals surface area contributed by atoms with E-state index in [1.54, 1.807) is 16.5 Å². The molecule has 1 aromatic heterocycles. The molecule has 0 unspecified atom stereocenters. The highest BCUT2D eigenvalue weighted by molar-refractivity contribution is 7.89. The third kappa shape index (κ3) is 7.97. The molecule has 5 rings (SSSR count). The number of hydrogen-bond acceptors (Lipinski definition) is 7. The number of rotatable bonds is 6. The second-order valence-electron chi connectivity index (χ2n) is 11.8. The second kappa shape index (κ2) is 14.5. The van der Waals surface area contributed by atoms with Crippen molar-refractivity contribution < 1.29 is 27.2 Å². The van der Waals surface area contributed by atoms with E-state index < -0.39 is 40.4 Å². The summed E-state index contributed by atoms with van der Waals surface area (Å²) < 4.78 is 43.6. The van der Waals surface area contributed by atoms with Gasteiger partial charge in [0.25, 0.3) is 0 Å². The van der Waals surface area contributed by atoms with Gasteiger partial charge >= 0.3 is 0 Å². The summed E-state index contributed by atoms with van der Waals surface area (Å²) in [5.74, 6) is -0.361. The van der Waals surface area contributed by atoms with Crippen LogP contribution in [0.5, 0.6) is 0 Å². The highest BCUT2D eigenvalue weighted by Crippen LogP contribution is 2.23. The van der Waals surface area contributed by atoms with Crippen LogP contribution in [0.2, 0.25) is 0 Å². The summed E-state index contributed by atoms with van der Waals surface area (Å²) in [6.07, 6.45) is 3.10. The van der Waals surface area contributed by atoms with E-state index in [-0.39, 0.29) is 48.3 Å². The molecule has 46 heavy (non-hydrogen) atoms. The first-order valence-corrected chi connectivity index (χ1v) is 17.1. The van der Waals surface area contributed by atoms with Gasteiger partial charge in [0.2, 0.25) is 27.7 Å². The van der Waals surface area contributed by atoms with E-state index >= 15 is 0 Å². The lowest BCUT2D eigenvalue weighted by Gasteiger charge is -2.36. The number of nitrogens with zero attached hydrogens (tertiary/aromatic N) is 5. The van der Waals surface area contributed by atoms with Gasteiger partial charge in [0.05, 0.1) is 24.0 Å². The van der Waals surface area contributed by atoms with Crippen LogP contribution in [-0.2, 0) is 37.4 Å². The molecule has 1 fully saturated rings. The third-order valence-electron chi connectivity index (χ3n) is 8.45. The molecule has 3 aromatic rings. The molecule has 0 aliphatic carbocycles.